The van der Waals surface area contributed by atoms with E-state index in [4.69, 9.17) is 28.9 Å². The van der Waals surface area contributed by atoms with Crippen molar-refractivity contribution < 1.29 is 4.79 Å². The number of rotatable bonds is 4. The molecule has 0 aliphatic carbocycles. The molecular weight excluding hydrogens is 247 g/mol. The monoisotopic (exact) mass is 260 g/mol. The fraction of sp³-hybridized carbons (Fsp3) is 0.364. The van der Waals surface area contributed by atoms with E-state index in [1.807, 2.05) is 6.92 Å². The van der Waals surface area contributed by atoms with Gasteiger partial charge in [-0.05, 0) is 31.5 Å². The Bertz CT molecular complexity index is 360. The second kappa shape index (κ2) is 6.09. The van der Waals surface area contributed by atoms with Crippen LogP contribution in [0.3, 0.4) is 0 Å². The van der Waals surface area contributed by atoms with E-state index in [-0.39, 0.29) is 11.9 Å². The van der Waals surface area contributed by atoms with Crippen molar-refractivity contribution >= 4 is 34.8 Å². The topological polar surface area (TPSA) is 55.1 Å². The highest BCUT2D eigenvalue weighted by atomic mass is 35.5. The molecule has 0 heterocycles. The van der Waals surface area contributed by atoms with Crippen LogP contribution in [0.1, 0.15) is 19.8 Å². The van der Waals surface area contributed by atoms with Gasteiger partial charge in [0.1, 0.15) is 0 Å². The van der Waals surface area contributed by atoms with Crippen molar-refractivity contribution in [3.05, 3.63) is 28.2 Å². The van der Waals surface area contributed by atoms with Gasteiger partial charge in [0, 0.05) is 28.2 Å². The van der Waals surface area contributed by atoms with E-state index < -0.39 is 0 Å². The third kappa shape index (κ3) is 4.84. The molecule has 88 valence electrons. The Balaban J connectivity index is 2.56. The van der Waals surface area contributed by atoms with Gasteiger partial charge < -0.3 is 11.1 Å². The SMILES string of the molecule is CC(N)CCC(=O)Nc1cc(Cl)cc(Cl)c1. The first kappa shape index (κ1) is 13.3. The standard InChI is InChI=1S/C11H14Cl2N2O/c1-7(14)2-3-11(16)15-10-5-8(12)4-9(13)6-10/h4-7H,2-3,14H2,1H3,(H,15,16). The molecule has 1 amide bonds. The number of anilines is 1. The summed E-state index contributed by atoms with van der Waals surface area (Å²) in [6.45, 7) is 1.86. The van der Waals surface area contributed by atoms with Crippen molar-refractivity contribution in [1.82, 2.24) is 0 Å². The van der Waals surface area contributed by atoms with Gasteiger partial charge in [-0.2, -0.15) is 0 Å². The lowest BCUT2D eigenvalue weighted by molar-refractivity contribution is -0.116. The molecule has 0 saturated heterocycles. The number of nitrogens with one attached hydrogen (secondary N) is 1. The first-order chi connectivity index (χ1) is 7.47. The summed E-state index contributed by atoms with van der Waals surface area (Å²) in [7, 11) is 0. The normalized spacial score (nSPS) is 12.2. The molecule has 0 saturated carbocycles. The average Bonchev–Trinajstić information content (AvgIpc) is 2.12. The molecule has 1 aromatic rings. The van der Waals surface area contributed by atoms with Gasteiger partial charge in [0.2, 0.25) is 5.91 Å². The van der Waals surface area contributed by atoms with E-state index in [9.17, 15) is 4.79 Å². The molecule has 5 heteroatoms. The zero-order chi connectivity index (χ0) is 12.1. The lowest BCUT2D eigenvalue weighted by Gasteiger charge is -2.07. The van der Waals surface area contributed by atoms with Gasteiger partial charge in [-0.25, -0.2) is 0 Å². The molecule has 0 aliphatic rings. The number of hydrogen-bond donors (Lipinski definition) is 2. The van der Waals surface area contributed by atoms with Crippen LogP contribution < -0.4 is 11.1 Å². The predicted octanol–water partition coefficient (Wildman–Crippen LogP) is 3.06. The fourth-order valence-corrected chi connectivity index (χ4v) is 1.73. The van der Waals surface area contributed by atoms with Gasteiger partial charge >= 0.3 is 0 Å². The summed E-state index contributed by atoms with van der Waals surface area (Å²) >= 11 is 11.6. The predicted molar refractivity (Wildman–Crippen MR) is 68.0 cm³/mol. The zero-order valence-corrected chi connectivity index (χ0v) is 10.5. The zero-order valence-electron chi connectivity index (χ0n) is 8.97. The molecule has 0 bridgehead atoms. The second-order valence-corrected chi connectivity index (χ2v) is 4.60. The van der Waals surface area contributed by atoms with Gasteiger partial charge in [0.25, 0.3) is 0 Å². The molecule has 0 spiro atoms. The molecule has 1 rings (SSSR count). The third-order valence-corrected chi connectivity index (χ3v) is 2.41. The molecular formula is C11H14Cl2N2O. The van der Waals surface area contributed by atoms with Crippen molar-refractivity contribution in [2.75, 3.05) is 5.32 Å². The molecule has 16 heavy (non-hydrogen) atoms. The minimum atomic E-state index is -0.0874. The van der Waals surface area contributed by atoms with E-state index >= 15 is 0 Å². The van der Waals surface area contributed by atoms with E-state index in [0.717, 1.165) is 0 Å². The van der Waals surface area contributed by atoms with Crippen molar-refractivity contribution in [3.8, 4) is 0 Å². The van der Waals surface area contributed by atoms with Crippen LogP contribution >= 0.6 is 23.2 Å². The van der Waals surface area contributed by atoms with Gasteiger partial charge in [-0.1, -0.05) is 23.2 Å². The van der Waals surface area contributed by atoms with Gasteiger partial charge in [0.15, 0.2) is 0 Å². The quantitative estimate of drug-likeness (QED) is 0.875. The Hall–Kier alpha value is -0.770. The highest BCUT2D eigenvalue weighted by Crippen LogP contribution is 2.22. The third-order valence-electron chi connectivity index (χ3n) is 1.97. The Morgan fingerprint density at radius 1 is 1.38 bits per heavy atom. The summed E-state index contributed by atoms with van der Waals surface area (Å²) in [4.78, 5) is 11.5. The van der Waals surface area contributed by atoms with Crippen LogP contribution in [0.5, 0.6) is 0 Å². The maximum atomic E-state index is 11.5. The number of benzene rings is 1. The maximum Gasteiger partial charge on any atom is 0.224 e. The smallest absolute Gasteiger partial charge is 0.224 e. The van der Waals surface area contributed by atoms with Gasteiger partial charge in [-0.3, -0.25) is 4.79 Å². The van der Waals surface area contributed by atoms with Gasteiger partial charge in [-0.15, -0.1) is 0 Å². The van der Waals surface area contributed by atoms with Crippen LogP contribution in [0.25, 0.3) is 0 Å². The van der Waals surface area contributed by atoms with Crippen LogP contribution in [-0.4, -0.2) is 11.9 Å². The van der Waals surface area contributed by atoms with Crippen molar-refractivity contribution in [3.63, 3.8) is 0 Å². The Labute approximate surface area is 105 Å². The van der Waals surface area contributed by atoms with Crippen molar-refractivity contribution in [1.29, 1.82) is 0 Å². The molecule has 0 aliphatic heterocycles. The molecule has 0 aromatic heterocycles. The van der Waals surface area contributed by atoms with E-state index in [0.29, 0.717) is 28.6 Å². The van der Waals surface area contributed by atoms with Crippen LogP contribution in [0, 0.1) is 0 Å². The van der Waals surface area contributed by atoms with Crippen molar-refractivity contribution in [2.24, 2.45) is 5.73 Å². The number of nitrogens with two attached hydrogens (primary N) is 1. The number of carbonyl (C=O) groups excluding carboxylic acids is 1. The summed E-state index contributed by atoms with van der Waals surface area (Å²) in [6, 6.07) is 4.93. The molecule has 3 nitrogen and oxygen atoms in total. The first-order valence-electron chi connectivity index (χ1n) is 4.99. The van der Waals surface area contributed by atoms with Crippen LogP contribution in [0.15, 0.2) is 18.2 Å². The van der Waals surface area contributed by atoms with Crippen LogP contribution in [0.4, 0.5) is 5.69 Å². The van der Waals surface area contributed by atoms with Gasteiger partial charge in [0.05, 0.1) is 0 Å². The maximum absolute atomic E-state index is 11.5. The minimum Gasteiger partial charge on any atom is -0.328 e. The number of hydrogen-bond acceptors (Lipinski definition) is 2. The summed E-state index contributed by atoms with van der Waals surface area (Å²) < 4.78 is 0. The highest BCUT2D eigenvalue weighted by molar-refractivity contribution is 6.35. The highest BCUT2D eigenvalue weighted by Gasteiger charge is 2.05. The summed E-state index contributed by atoms with van der Waals surface area (Å²) in [6.07, 6.45) is 1.04. The van der Waals surface area contributed by atoms with E-state index in [1.54, 1.807) is 18.2 Å². The van der Waals surface area contributed by atoms with E-state index in [1.165, 1.54) is 0 Å². The molecule has 0 fully saturated rings. The largest absolute Gasteiger partial charge is 0.328 e. The minimum absolute atomic E-state index is 0.0219. The number of halogens is 2. The first-order valence-corrected chi connectivity index (χ1v) is 5.74. The van der Waals surface area contributed by atoms with Crippen molar-refractivity contribution in [2.45, 2.75) is 25.8 Å². The second-order valence-electron chi connectivity index (χ2n) is 3.72. The van der Waals surface area contributed by atoms with Crippen LogP contribution in [-0.2, 0) is 4.79 Å². The molecule has 1 atom stereocenters. The lowest BCUT2D eigenvalue weighted by atomic mass is 10.2. The average molecular weight is 261 g/mol. The Morgan fingerprint density at radius 2 is 1.94 bits per heavy atom. The molecule has 1 aromatic carbocycles. The molecule has 1 unspecified atom stereocenters. The Morgan fingerprint density at radius 3 is 2.44 bits per heavy atom. The summed E-state index contributed by atoms with van der Waals surface area (Å²) in [5, 5.41) is 3.71. The molecule has 0 radical (unpaired) electrons. The Kier molecular flexibility index (Phi) is 5.06. The summed E-state index contributed by atoms with van der Waals surface area (Å²) in [5.74, 6) is -0.0874. The van der Waals surface area contributed by atoms with E-state index in [2.05, 4.69) is 5.32 Å². The number of carbonyl (C=O) groups is 1. The van der Waals surface area contributed by atoms with Crippen LogP contribution in [0.2, 0.25) is 10.0 Å². The number of amides is 1. The summed E-state index contributed by atoms with van der Waals surface area (Å²) in [5.41, 5.74) is 6.16. The molecule has 3 N–H and O–H groups in total. The lowest BCUT2D eigenvalue weighted by Crippen LogP contribution is -2.19. The fourth-order valence-electron chi connectivity index (χ4n) is 1.21.